The van der Waals surface area contributed by atoms with Gasteiger partial charge in [-0.25, -0.2) is 0 Å². The van der Waals surface area contributed by atoms with Crippen molar-refractivity contribution in [1.82, 2.24) is 4.57 Å². The molecular weight excluding hydrogens is 272 g/mol. The molecule has 0 spiro atoms. The number of nitrogens with zero attached hydrogens (tertiary/aromatic N) is 2. The summed E-state index contributed by atoms with van der Waals surface area (Å²) in [5.74, 6) is -0.0462. The van der Waals surface area contributed by atoms with E-state index in [4.69, 9.17) is 0 Å². The Morgan fingerprint density at radius 2 is 1.85 bits per heavy atom. The largest absolute Gasteiger partial charge is 0.493 e. The SMILES string of the molecule is Cn1c(O)c(C=Nc2ccc(C(C)(C)C)cc2)sc1=O. The maximum absolute atomic E-state index is 11.4. The van der Waals surface area contributed by atoms with Crippen LogP contribution in [0.2, 0.25) is 0 Å². The maximum atomic E-state index is 11.4. The normalized spacial score (nSPS) is 12.2. The molecule has 2 aromatic rings. The van der Waals surface area contributed by atoms with Crippen molar-refractivity contribution in [2.45, 2.75) is 26.2 Å². The molecule has 1 heterocycles. The van der Waals surface area contributed by atoms with Crippen molar-refractivity contribution < 1.29 is 5.11 Å². The molecule has 0 saturated carbocycles. The first-order valence-electron chi connectivity index (χ1n) is 6.32. The van der Waals surface area contributed by atoms with Gasteiger partial charge in [-0.2, -0.15) is 0 Å². The molecule has 0 saturated heterocycles. The smallest absolute Gasteiger partial charge is 0.310 e. The summed E-state index contributed by atoms with van der Waals surface area (Å²) in [6, 6.07) is 7.94. The molecule has 4 nitrogen and oxygen atoms in total. The molecule has 0 radical (unpaired) electrons. The van der Waals surface area contributed by atoms with Crippen molar-refractivity contribution in [1.29, 1.82) is 0 Å². The van der Waals surface area contributed by atoms with E-state index in [9.17, 15) is 9.90 Å². The van der Waals surface area contributed by atoms with Gasteiger partial charge >= 0.3 is 4.87 Å². The molecule has 1 N–H and O–H groups in total. The van der Waals surface area contributed by atoms with Gasteiger partial charge in [0.15, 0.2) is 0 Å². The van der Waals surface area contributed by atoms with Gasteiger partial charge in [0, 0.05) is 7.05 Å². The average molecular weight is 290 g/mol. The average Bonchev–Trinajstić information content (AvgIpc) is 2.63. The minimum Gasteiger partial charge on any atom is -0.493 e. The Bertz CT molecular complexity index is 688. The predicted molar refractivity (Wildman–Crippen MR) is 83.6 cm³/mol. The van der Waals surface area contributed by atoms with Crippen LogP contribution < -0.4 is 4.87 Å². The van der Waals surface area contributed by atoms with E-state index >= 15 is 0 Å². The fourth-order valence-corrected chi connectivity index (χ4v) is 2.47. The molecule has 0 bridgehead atoms. The summed E-state index contributed by atoms with van der Waals surface area (Å²) < 4.78 is 1.20. The van der Waals surface area contributed by atoms with Crippen LogP contribution in [0, 0.1) is 0 Å². The first-order valence-corrected chi connectivity index (χ1v) is 7.14. The highest BCUT2D eigenvalue weighted by Gasteiger charge is 2.12. The Hall–Kier alpha value is -1.88. The molecule has 5 heteroatoms. The van der Waals surface area contributed by atoms with Gasteiger partial charge < -0.3 is 5.11 Å². The maximum Gasteiger partial charge on any atom is 0.310 e. The van der Waals surface area contributed by atoms with E-state index in [-0.39, 0.29) is 16.2 Å². The van der Waals surface area contributed by atoms with E-state index in [1.165, 1.54) is 23.4 Å². The Morgan fingerprint density at radius 1 is 1.25 bits per heavy atom. The van der Waals surface area contributed by atoms with Crippen LogP contribution in [0.3, 0.4) is 0 Å². The van der Waals surface area contributed by atoms with E-state index in [1.54, 1.807) is 0 Å². The summed E-state index contributed by atoms with van der Waals surface area (Å²) in [5.41, 5.74) is 2.14. The van der Waals surface area contributed by atoms with Crippen LogP contribution in [0.25, 0.3) is 0 Å². The van der Waals surface area contributed by atoms with Crippen molar-refractivity contribution in [2.75, 3.05) is 0 Å². The number of hydrogen-bond donors (Lipinski definition) is 1. The molecule has 0 aliphatic rings. The van der Waals surface area contributed by atoms with Crippen molar-refractivity contribution in [3.63, 3.8) is 0 Å². The molecule has 0 amide bonds. The van der Waals surface area contributed by atoms with Crippen molar-refractivity contribution in [3.8, 4) is 5.88 Å². The molecular formula is C15H18N2O2S. The number of thiazole rings is 1. The van der Waals surface area contributed by atoms with Gasteiger partial charge in [0.25, 0.3) is 0 Å². The van der Waals surface area contributed by atoms with Gasteiger partial charge in [0.05, 0.1) is 11.9 Å². The lowest BCUT2D eigenvalue weighted by Gasteiger charge is -2.18. The summed E-state index contributed by atoms with van der Waals surface area (Å²) in [6.07, 6.45) is 1.52. The van der Waals surface area contributed by atoms with Crippen molar-refractivity contribution >= 4 is 23.2 Å². The Kier molecular flexibility index (Phi) is 3.81. The van der Waals surface area contributed by atoms with E-state index in [2.05, 4.69) is 25.8 Å². The molecule has 0 fully saturated rings. The number of aromatic hydroxyl groups is 1. The van der Waals surface area contributed by atoms with Crippen LogP contribution in [0.4, 0.5) is 5.69 Å². The quantitative estimate of drug-likeness (QED) is 0.864. The molecule has 2 rings (SSSR count). The van der Waals surface area contributed by atoms with Crippen LogP contribution in [-0.4, -0.2) is 15.9 Å². The Balaban J connectivity index is 2.24. The topological polar surface area (TPSA) is 54.6 Å². The van der Waals surface area contributed by atoms with Crippen LogP contribution in [0.1, 0.15) is 31.2 Å². The van der Waals surface area contributed by atoms with Gasteiger partial charge in [0.1, 0.15) is 4.88 Å². The van der Waals surface area contributed by atoms with Gasteiger partial charge in [0.2, 0.25) is 5.88 Å². The summed E-state index contributed by atoms with van der Waals surface area (Å²) in [5, 5.41) is 9.73. The fourth-order valence-electron chi connectivity index (χ4n) is 1.72. The summed E-state index contributed by atoms with van der Waals surface area (Å²) in [4.78, 5) is 15.9. The highest BCUT2D eigenvalue weighted by atomic mass is 32.1. The van der Waals surface area contributed by atoms with Gasteiger partial charge in [-0.05, 0) is 23.1 Å². The number of hydrogen-bond acceptors (Lipinski definition) is 4. The number of rotatable bonds is 2. The van der Waals surface area contributed by atoms with Gasteiger partial charge in [-0.3, -0.25) is 14.4 Å². The number of aliphatic imine (C=N–C) groups is 1. The molecule has 1 aromatic heterocycles. The van der Waals surface area contributed by atoms with E-state index in [0.717, 1.165) is 17.0 Å². The zero-order chi connectivity index (χ0) is 14.9. The first-order chi connectivity index (χ1) is 9.29. The Morgan fingerprint density at radius 3 is 2.30 bits per heavy atom. The second-order valence-corrected chi connectivity index (χ2v) is 6.66. The van der Waals surface area contributed by atoms with Gasteiger partial charge in [-0.1, -0.05) is 44.2 Å². The predicted octanol–water partition coefficient (Wildman–Crippen LogP) is 3.20. The molecule has 0 aliphatic heterocycles. The molecule has 0 aliphatic carbocycles. The summed E-state index contributed by atoms with van der Waals surface area (Å²) >= 11 is 0.976. The first kappa shape index (κ1) is 14.5. The molecule has 106 valence electrons. The Labute approximate surface area is 122 Å². The zero-order valence-electron chi connectivity index (χ0n) is 12.0. The minimum absolute atomic E-state index is 0.0462. The number of aromatic nitrogens is 1. The van der Waals surface area contributed by atoms with Gasteiger partial charge in [-0.15, -0.1) is 0 Å². The second kappa shape index (κ2) is 5.25. The van der Waals surface area contributed by atoms with Crippen LogP contribution >= 0.6 is 11.3 Å². The third-order valence-corrected chi connectivity index (χ3v) is 4.03. The summed E-state index contributed by atoms with van der Waals surface area (Å²) in [6.45, 7) is 6.47. The fraction of sp³-hybridized carbons (Fsp3) is 0.333. The molecule has 20 heavy (non-hydrogen) atoms. The third-order valence-electron chi connectivity index (χ3n) is 3.07. The lowest BCUT2D eigenvalue weighted by Crippen LogP contribution is -2.10. The van der Waals surface area contributed by atoms with E-state index in [1.807, 2.05) is 24.3 Å². The minimum atomic E-state index is -0.202. The van der Waals surface area contributed by atoms with E-state index < -0.39 is 0 Å². The lowest BCUT2D eigenvalue weighted by molar-refractivity contribution is 0.429. The van der Waals surface area contributed by atoms with Crippen LogP contribution in [-0.2, 0) is 12.5 Å². The highest BCUT2D eigenvalue weighted by Crippen LogP contribution is 2.25. The van der Waals surface area contributed by atoms with Crippen molar-refractivity contribution in [2.24, 2.45) is 12.0 Å². The molecule has 1 aromatic carbocycles. The number of benzene rings is 1. The second-order valence-electron chi connectivity index (χ2n) is 5.67. The molecule has 0 atom stereocenters. The monoisotopic (exact) mass is 290 g/mol. The summed E-state index contributed by atoms with van der Waals surface area (Å²) in [7, 11) is 1.53. The van der Waals surface area contributed by atoms with E-state index in [0.29, 0.717) is 4.88 Å². The van der Waals surface area contributed by atoms with Crippen LogP contribution in [0.5, 0.6) is 5.88 Å². The van der Waals surface area contributed by atoms with Crippen LogP contribution in [0.15, 0.2) is 34.1 Å². The zero-order valence-corrected chi connectivity index (χ0v) is 12.9. The third kappa shape index (κ3) is 2.99. The highest BCUT2D eigenvalue weighted by molar-refractivity contribution is 7.11. The standard InChI is InChI=1S/C15H18N2O2S/c1-15(2,3)10-5-7-11(8-6-10)16-9-12-13(18)17(4)14(19)20-12/h5-9,18H,1-4H3. The van der Waals surface area contributed by atoms with Crippen molar-refractivity contribution in [3.05, 3.63) is 44.4 Å². The molecule has 0 unspecified atom stereocenters. The lowest BCUT2D eigenvalue weighted by atomic mass is 9.87.